The highest BCUT2D eigenvalue weighted by Gasteiger charge is 2.34. The van der Waals surface area contributed by atoms with Crippen LogP contribution in [0.2, 0.25) is 0 Å². The number of hydrogen-bond acceptors (Lipinski definition) is 7. The number of amides is 4. The third kappa shape index (κ3) is 4.82. The van der Waals surface area contributed by atoms with Crippen LogP contribution in [-0.4, -0.2) is 32.3 Å². The Morgan fingerprint density at radius 2 is 1.81 bits per heavy atom. The highest BCUT2D eigenvalue weighted by Crippen LogP contribution is 2.32. The zero-order valence-electron chi connectivity index (χ0n) is 19.0. The second-order valence-electron chi connectivity index (χ2n) is 8.59. The van der Waals surface area contributed by atoms with Gasteiger partial charge in [-0.05, 0) is 73.9 Å². The van der Waals surface area contributed by atoms with Crippen LogP contribution in [0.5, 0.6) is 0 Å². The molecule has 2 heterocycles. The van der Waals surface area contributed by atoms with Gasteiger partial charge in [0.2, 0.25) is 5.91 Å². The second-order valence-corrected chi connectivity index (χ2v) is 11.8. The number of imide groups is 1. The number of aryl methyl sites for hydroxylation is 1. The van der Waals surface area contributed by atoms with Crippen molar-refractivity contribution in [1.29, 1.82) is 0 Å². The number of anilines is 3. The Bertz CT molecular complexity index is 1510. The van der Waals surface area contributed by atoms with Crippen LogP contribution < -0.4 is 20.3 Å². The summed E-state index contributed by atoms with van der Waals surface area (Å²) in [5, 5.41) is 5.57. The second kappa shape index (κ2) is 9.03. The van der Waals surface area contributed by atoms with Crippen LogP contribution in [0.25, 0.3) is 0 Å². The maximum Gasteiger partial charge on any atom is 0.333 e. The zero-order chi connectivity index (χ0) is 25.6. The van der Waals surface area contributed by atoms with Gasteiger partial charge in [-0.3, -0.25) is 9.59 Å². The van der Waals surface area contributed by atoms with Gasteiger partial charge in [0, 0.05) is 27.9 Å². The zero-order valence-corrected chi connectivity index (χ0v) is 20.6. The summed E-state index contributed by atoms with van der Waals surface area (Å²) in [4.78, 5) is 39.6. The van der Waals surface area contributed by atoms with Gasteiger partial charge in [-0.25, -0.2) is 27.2 Å². The number of benzene rings is 2. The van der Waals surface area contributed by atoms with Gasteiger partial charge in [0.15, 0.2) is 0 Å². The topological polar surface area (TPSA) is 125 Å². The quantitative estimate of drug-likeness (QED) is 0.415. The predicted molar refractivity (Wildman–Crippen MR) is 133 cm³/mol. The van der Waals surface area contributed by atoms with Gasteiger partial charge in [-0.15, -0.1) is 11.3 Å². The van der Waals surface area contributed by atoms with Gasteiger partial charge in [0.25, 0.3) is 15.9 Å². The molecule has 0 radical (unpaired) electrons. The number of urea groups is 1. The van der Waals surface area contributed by atoms with Crippen LogP contribution in [0.1, 0.15) is 33.6 Å². The molecule has 1 aliphatic carbocycles. The van der Waals surface area contributed by atoms with Crippen LogP contribution in [0.4, 0.5) is 26.2 Å². The van der Waals surface area contributed by atoms with Crippen molar-refractivity contribution in [3.05, 3.63) is 70.4 Å². The van der Waals surface area contributed by atoms with Gasteiger partial charge in [-0.1, -0.05) is 0 Å². The lowest BCUT2D eigenvalue weighted by molar-refractivity contribution is -0.117. The monoisotopic (exact) mass is 528 g/mol. The predicted octanol–water partition coefficient (Wildman–Crippen LogP) is 4.01. The Kier molecular flexibility index (Phi) is 6.00. The van der Waals surface area contributed by atoms with Gasteiger partial charge in [0.1, 0.15) is 10.0 Å². The third-order valence-electron chi connectivity index (χ3n) is 5.73. The van der Waals surface area contributed by atoms with E-state index in [0.29, 0.717) is 17.2 Å². The van der Waals surface area contributed by atoms with E-state index in [4.69, 9.17) is 0 Å². The van der Waals surface area contributed by atoms with E-state index in [1.54, 1.807) is 31.2 Å². The van der Waals surface area contributed by atoms with Gasteiger partial charge >= 0.3 is 6.03 Å². The smallest absolute Gasteiger partial charge is 0.333 e. The normalized spacial score (nSPS) is 15.4. The molecule has 2 aromatic carbocycles. The molecule has 1 fully saturated rings. The van der Waals surface area contributed by atoms with Crippen molar-refractivity contribution in [3.63, 3.8) is 0 Å². The lowest BCUT2D eigenvalue weighted by Gasteiger charge is -2.27. The summed E-state index contributed by atoms with van der Waals surface area (Å²) in [7, 11) is -4.08. The van der Waals surface area contributed by atoms with Crippen LogP contribution in [0, 0.1) is 12.7 Å². The standard InChI is InChI=1S/C24H21FN4O5S2/c1-13-2-9-22(35-13)36(33,34)28-24(32)27-17-6-8-20(19(25)12-17)29-21(30)11-14-10-16(26-15-3-4-15)5-7-18(14)23(29)31/h2,5-10,12,15,26H,3-4,11H2,1H3,(H2,27,28,32). The molecule has 3 aromatic rings. The summed E-state index contributed by atoms with van der Waals surface area (Å²) in [6, 6.07) is 10.8. The highest BCUT2D eigenvalue weighted by molar-refractivity contribution is 7.92. The molecule has 0 bridgehead atoms. The van der Waals surface area contributed by atoms with Crippen molar-refractivity contribution in [2.24, 2.45) is 0 Å². The minimum Gasteiger partial charge on any atom is -0.382 e. The van der Waals surface area contributed by atoms with E-state index in [1.807, 2.05) is 4.72 Å². The number of thiophene rings is 1. The molecular formula is C24H21FN4O5S2. The van der Waals surface area contributed by atoms with Crippen molar-refractivity contribution in [1.82, 2.24) is 4.72 Å². The molecule has 5 rings (SSSR count). The van der Waals surface area contributed by atoms with Crippen molar-refractivity contribution < 1.29 is 27.2 Å². The number of nitrogens with one attached hydrogen (secondary N) is 3. The van der Waals surface area contributed by atoms with E-state index in [0.717, 1.165) is 45.7 Å². The molecule has 0 spiro atoms. The SMILES string of the molecule is Cc1ccc(S(=O)(=O)NC(=O)Nc2ccc(N3C(=O)Cc4cc(NC5CC5)ccc4C3=O)c(F)c2)s1. The molecule has 36 heavy (non-hydrogen) atoms. The minimum atomic E-state index is -4.08. The van der Waals surface area contributed by atoms with Crippen molar-refractivity contribution in [2.75, 3.05) is 15.5 Å². The number of carbonyl (C=O) groups is 3. The number of halogens is 1. The number of rotatable bonds is 6. The van der Waals surface area contributed by atoms with E-state index in [2.05, 4.69) is 10.6 Å². The fourth-order valence-corrected chi connectivity index (χ4v) is 6.06. The largest absolute Gasteiger partial charge is 0.382 e. The summed E-state index contributed by atoms with van der Waals surface area (Å²) in [6.45, 7) is 1.73. The van der Waals surface area contributed by atoms with Crippen LogP contribution in [-0.2, 0) is 21.2 Å². The number of hydrogen-bond donors (Lipinski definition) is 3. The minimum absolute atomic E-state index is 0.0328. The lowest BCUT2D eigenvalue weighted by atomic mass is 9.97. The Morgan fingerprint density at radius 3 is 2.47 bits per heavy atom. The maximum absolute atomic E-state index is 15.0. The lowest BCUT2D eigenvalue weighted by Crippen LogP contribution is -2.43. The van der Waals surface area contributed by atoms with Crippen molar-refractivity contribution >= 4 is 56.3 Å². The Balaban J connectivity index is 1.31. The summed E-state index contributed by atoms with van der Waals surface area (Å²) in [5.41, 5.74) is 1.40. The average molecular weight is 529 g/mol. The molecule has 9 nitrogen and oxygen atoms in total. The molecule has 3 N–H and O–H groups in total. The molecule has 186 valence electrons. The first-order chi connectivity index (χ1) is 17.1. The van der Waals surface area contributed by atoms with Crippen molar-refractivity contribution in [3.8, 4) is 0 Å². The molecule has 0 atom stereocenters. The molecule has 1 saturated carbocycles. The van der Waals surface area contributed by atoms with Gasteiger partial charge < -0.3 is 10.6 Å². The molecule has 0 unspecified atom stereocenters. The molecule has 1 aliphatic heterocycles. The first-order valence-electron chi connectivity index (χ1n) is 11.1. The Hall–Kier alpha value is -3.77. The van der Waals surface area contributed by atoms with Crippen LogP contribution in [0.15, 0.2) is 52.7 Å². The molecule has 1 aromatic heterocycles. The summed E-state index contributed by atoms with van der Waals surface area (Å²) >= 11 is 1.00. The number of sulfonamides is 1. The van der Waals surface area contributed by atoms with E-state index < -0.39 is 33.7 Å². The number of carbonyl (C=O) groups excluding carboxylic acids is 3. The summed E-state index contributed by atoms with van der Waals surface area (Å²) in [6.07, 6.45) is 2.10. The Morgan fingerprint density at radius 1 is 1.06 bits per heavy atom. The van der Waals surface area contributed by atoms with Crippen LogP contribution >= 0.6 is 11.3 Å². The third-order valence-corrected chi connectivity index (χ3v) is 8.56. The molecular weight excluding hydrogens is 507 g/mol. The molecule has 12 heteroatoms. The van der Waals surface area contributed by atoms with Gasteiger partial charge in [0.05, 0.1) is 12.1 Å². The summed E-state index contributed by atoms with van der Waals surface area (Å²) < 4.78 is 41.4. The van der Waals surface area contributed by atoms with E-state index >= 15 is 0 Å². The number of fused-ring (bicyclic) bond motifs is 1. The maximum atomic E-state index is 15.0. The van der Waals surface area contributed by atoms with E-state index in [9.17, 15) is 27.2 Å². The first kappa shape index (κ1) is 23.9. The number of nitrogens with zero attached hydrogens (tertiary/aromatic N) is 1. The molecule has 2 aliphatic rings. The highest BCUT2D eigenvalue weighted by atomic mass is 32.2. The van der Waals surface area contributed by atoms with Crippen molar-refractivity contribution in [2.45, 2.75) is 36.4 Å². The van der Waals surface area contributed by atoms with E-state index in [-0.39, 0.29) is 22.0 Å². The summed E-state index contributed by atoms with van der Waals surface area (Å²) in [5.74, 6) is -2.15. The van der Waals surface area contributed by atoms with Crippen LogP contribution in [0.3, 0.4) is 0 Å². The average Bonchev–Trinajstić information content (AvgIpc) is 3.50. The molecule has 0 saturated heterocycles. The fraction of sp³-hybridized carbons (Fsp3) is 0.208. The first-order valence-corrected chi connectivity index (χ1v) is 13.4. The fourth-order valence-electron chi connectivity index (χ4n) is 3.87. The van der Waals surface area contributed by atoms with E-state index in [1.165, 1.54) is 18.2 Å². The Labute approximate surface area is 210 Å². The molecule has 4 amide bonds. The van der Waals surface area contributed by atoms with Gasteiger partial charge in [-0.2, -0.15) is 0 Å².